The van der Waals surface area contributed by atoms with E-state index in [0.29, 0.717) is 41.9 Å². The first-order chi connectivity index (χ1) is 18.2. The van der Waals surface area contributed by atoms with E-state index in [1.54, 1.807) is 7.05 Å². The van der Waals surface area contributed by atoms with E-state index in [1.165, 1.54) is 10.6 Å². The lowest BCUT2D eigenvalue weighted by atomic mass is 10.0. The predicted molar refractivity (Wildman–Crippen MR) is 150 cm³/mol. The molecule has 1 aliphatic carbocycles. The Kier molecular flexibility index (Phi) is 8.87. The number of carbonyl (C=O) groups excluding carboxylic acids is 2. The van der Waals surface area contributed by atoms with Crippen LogP contribution in [0.1, 0.15) is 85.2 Å². The van der Waals surface area contributed by atoms with Crippen LogP contribution in [0.5, 0.6) is 0 Å². The zero-order valence-electron chi connectivity index (χ0n) is 22.5. The molecule has 4 rings (SSSR count). The van der Waals surface area contributed by atoms with Gasteiger partial charge in [0, 0.05) is 25.6 Å². The van der Waals surface area contributed by atoms with Crippen molar-refractivity contribution in [2.75, 3.05) is 24.2 Å². The van der Waals surface area contributed by atoms with Crippen LogP contribution in [0.3, 0.4) is 0 Å². The maximum Gasteiger partial charge on any atom is 0.255 e. The van der Waals surface area contributed by atoms with Gasteiger partial charge in [0.05, 0.1) is 17.2 Å². The lowest BCUT2D eigenvalue weighted by molar-refractivity contribution is -0.107. The second-order valence-corrected chi connectivity index (χ2v) is 12.1. The molecule has 3 aromatic rings. The van der Waals surface area contributed by atoms with Crippen molar-refractivity contribution in [3.05, 3.63) is 47.0 Å². The molecule has 2 aromatic heterocycles. The summed E-state index contributed by atoms with van der Waals surface area (Å²) < 4.78 is 33.5. The van der Waals surface area contributed by atoms with Crippen LogP contribution < -0.4 is 9.62 Å². The fourth-order valence-electron chi connectivity index (χ4n) is 4.80. The molecule has 38 heavy (non-hydrogen) atoms. The largest absolute Gasteiger partial charge is 0.437 e. The molecular weight excluding hydrogens is 502 g/mol. The number of nitrogens with one attached hydrogen (secondary N) is 1. The summed E-state index contributed by atoms with van der Waals surface area (Å²) in [7, 11) is -2.01. The number of sulfonamides is 1. The number of aryl methyl sites for hydroxylation is 1. The normalized spacial score (nSPS) is 13.6. The third-order valence-corrected chi connectivity index (χ3v) is 8.20. The number of hydrogen-bond acceptors (Lipinski definition) is 6. The topological polar surface area (TPSA) is 110 Å². The summed E-state index contributed by atoms with van der Waals surface area (Å²) in [6.45, 7) is 2.32. The van der Waals surface area contributed by atoms with Crippen LogP contribution in [-0.4, -0.2) is 45.4 Å². The van der Waals surface area contributed by atoms with Crippen molar-refractivity contribution in [1.82, 2.24) is 10.3 Å². The summed E-state index contributed by atoms with van der Waals surface area (Å²) >= 11 is 0. The highest BCUT2D eigenvalue weighted by Gasteiger charge is 2.34. The van der Waals surface area contributed by atoms with Crippen molar-refractivity contribution in [3.63, 3.8) is 0 Å². The minimum atomic E-state index is -3.59. The third-order valence-electron chi connectivity index (χ3n) is 7.05. The summed E-state index contributed by atoms with van der Waals surface area (Å²) in [6, 6.07) is 9.64. The van der Waals surface area contributed by atoms with Crippen LogP contribution >= 0.6 is 0 Å². The molecule has 0 unspecified atom stereocenters. The number of nitrogens with zero attached hydrogens (tertiary/aromatic N) is 2. The van der Waals surface area contributed by atoms with Gasteiger partial charge < -0.3 is 14.5 Å². The number of unbranched alkanes of at least 4 members (excludes halogenated alkanes) is 6. The summed E-state index contributed by atoms with van der Waals surface area (Å²) in [5.41, 5.74) is 3.36. The summed E-state index contributed by atoms with van der Waals surface area (Å²) in [6.07, 6.45) is 10.2. The standard InChI is InChI=1S/C29H37N3O5S/c1-20-11-13-22(14-12-20)26-25(28(34)30-2)24-19-23(21-15-16-21)27(31-29(24)37-26)32(38(3,35)36)17-9-7-5-4-6-8-10-18-33/h11-14,18-19,21H,4-10,15-17H2,1-3H3,(H,30,34). The molecule has 8 nitrogen and oxygen atoms in total. The molecule has 0 saturated heterocycles. The second-order valence-electron chi connectivity index (χ2n) is 10.2. The van der Waals surface area contributed by atoms with Crippen LogP contribution in [0.15, 0.2) is 34.7 Å². The smallest absolute Gasteiger partial charge is 0.255 e. The third kappa shape index (κ3) is 6.43. The number of aldehydes is 1. The molecule has 0 radical (unpaired) electrons. The lowest BCUT2D eigenvalue weighted by Crippen LogP contribution is -2.32. The molecule has 9 heteroatoms. The number of carbonyl (C=O) groups is 2. The minimum Gasteiger partial charge on any atom is -0.437 e. The van der Waals surface area contributed by atoms with Crippen molar-refractivity contribution in [2.24, 2.45) is 0 Å². The van der Waals surface area contributed by atoms with Gasteiger partial charge in [0.25, 0.3) is 5.91 Å². The summed E-state index contributed by atoms with van der Waals surface area (Å²) in [5, 5.41) is 3.30. The van der Waals surface area contributed by atoms with Crippen LogP contribution in [0.2, 0.25) is 0 Å². The van der Waals surface area contributed by atoms with Gasteiger partial charge in [-0.15, -0.1) is 0 Å². The zero-order valence-corrected chi connectivity index (χ0v) is 23.3. The number of rotatable bonds is 14. The SMILES string of the molecule is CNC(=O)c1c(-c2ccc(C)cc2)oc2nc(N(CCCCCCCCC=O)S(C)(=O)=O)c(C3CC3)cc12. The number of benzene rings is 1. The number of hydrogen-bond donors (Lipinski definition) is 1. The van der Waals surface area contributed by atoms with Crippen molar-refractivity contribution in [3.8, 4) is 11.3 Å². The van der Waals surface area contributed by atoms with Crippen LogP contribution in [0.25, 0.3) is 22.4 Å². The molecule has 204 valence electrons. The average Bonchev–Trinajstić information content (AvgIpc) is 3.67. The maximum atomic E-state index is 13.0. The Bertz CT molecular complexity index is 1390. The second kappa shape index (κ2) is 12.1. The number of aromatic nitrogens is 1. The zero-order chi connectivity index (χ0) is 27.3. The van der Waals surface area contributed by atoms with Crippen molar-refractivity contribution >= 4 is 39.1 Å². The summed E-state index contributed by atoms with van der Waals surface area (Å²) in [5.74, 6) is 0.760. The van der Waals surface area contributed by atoms with Gasteiger partial charge in [-0.2, -0.15) is 4.98 Å². The van der Waals surface area contributed by atoms with E-state index in [4.69, 9.17) is 9.40 Å². The number of furan rings is 1. The molecule has 0 bridgehead atoms. The molecule has 0 spiro atoms. The molecule has 1 aliphatic rings. The van der Waals surface area contributed by atoms with Crippen LogP contribution in [0.4, 0.5) is 5.82 Å². The van der Waals surface area contributed by atoms with E-state index in [2.05, 4.69) is 5.32 Å². The lowest BCUT2D eigenvalue weighted by Gasteiger charge is -2.24. The van der Waals surface area contributed by atoms with Crippen molar-refractivity contribution < 1.29 is 22.4 Å². The Labute approximate surface area is 224 Å². The highest BCUT2D eigenvalue weighted by Crippen LogP contribution is 2.46. The number of anilines is 1. The van der Waals surface area contributed by atoms with Crippen LogP contribution in [0, 0.1) is 6.92 Å². The van der Waals surface area contributed by atoms with Crippen molar-refractivity contribution in [1.29, 1.82) is 0 Å². The van der Waals surface area contributed by atoms with Gasteiger partial charge in [0.2, 0.25) is 15.7 Å². The van der Waals surface area contributed by atoms with E-state index in [0.717, 1.165) is 67.9 Å². The molecule has 1 amide bonds. The van der Waals surface area contributed by atoms with E-state index in [9.17, 15) is 18.0 Å². The van der Waals surface area contributed by atoms with Gasteiger partial charge in [-0.3, -0.25) is 9.10 Å². The van der Waals surface area contributed by atoms with E-state index in [-0.39, 0.29) is 17.5 Å². The van der Waals surface area contributed by atoms with Gasteiger partial charge in [0.1, 0.15) is 17.9 Å². The monoisotopic (exact) mass is 539 g/mol. The predicted octanol–water partition coefficient (Wildman–Crippen LogP) is 5.74. The fourth-order valence-corrected chi connectivity index (χ4v) is 5.72. The summed E-state index contributed by atoms with van der Waals surface area (Å²) in [4.78, 5) is 28.2. The number of pyridine rings is 1. The Morgan fingerprint density at radius 3 is 2.37 bits per heavy atom. The molecule has 2 heterocycles. The first-order valence-electron chi connectivity index (χ1n) is 13.4. The average molecular weight is 540 g/mol. The van der Waals surface area contributed by atoms with E-state index in [1.807, 2.05) is 37.3 Å². The molecule has 0 aliphatic heterocycles. The molecule has 1 saturated carbocycles. The Morgan fingerprint density at radius 1 is 1.11 bits per heavy atom. The van der Waals surface area contributed by atoms with Gasteiger partial charge >= 0.3 is 0 Å². The highest BCUT2D eigenvalue weighted by atomic mass is 32.2. The highest BCUT2D eigenvalue weighted by molar-refractivity contribution is 7.92. The number of fused-ring (bicyclic) bond motifs is 1. The minimum absolute atomic E-state index is 0.208. The number of amides is 1. The Hall–Kier alpha value is -3.20. The Balaban J connectivity index is 1.69. The quantitative estimate of drug-likeness (QED) is 0.207. The van der Waals surface area contributed by atoms with Gasteiger partial charge in [-0.1, -0.05) is 55.5 Å². The molecule has 1 fully saturated rings. The van der Waals surface area contributed by atoms with Gasteiger partial charge in [0.15, 0.2) is 0 Å². The van der Waals surface area contributed by atoms with Gasteiger partial charge in [-0.25, -0.2) is 8.42 Å². The molecule has 1 aromatic carbocycles. The molecule has 1 N–H and O–H groups in total. The van der Waals surface area contributed by atoms with Crippen LogP contribution in [-0.2, 0) is 14.8 Å². The fraction of sp³-hybridized carbons (Fsp3) is 0.483. The first kappa shape index (κ1) is 27.8. The van der Waals surface area contributed by atoms with E-state index >= 15 is 0 Å². The maximum absolute atomic E-state index is 13.0. The first-order valence-corrected chi connectivity index (χ1v) is 15.3. The Morgan fingerprint density at radius 2 is 1.76 bits per heavy atom. The molecular formula is C29H37N3O5S. The van der Waals surface area contributed by atoms with Gasteiger partial charge in [-0.05, 0) is 50.2 Å². The van der Waals surface area contributed by atoms with E-state index < -0.39 is 10.0 Å². The molecule has 0 atom stereocenters. The van der Waals surface area contributed by atoms with Crippen molar-refractivity contribution in [2.45, 2.75) is 70.6 Å².